The fourth-order valence-electron chi connectivity index (χ4n) is 3.23. The van der Waals surface area contributed by atoms with Crippen LogP contribution in [0.3, 0.4) is 0 Å². The second kappa shape index (κ2) is 5.84. The van der Waals surface area contributed by atoms with E-state index in [0.717, 1.165) is 33.8 Å². The normalized spacial score (nSPS) is 16.4. The third-order valence-electron chi connectivity index (χ3n) is 4.62. The van der Waals surface area contributed by atoms with Gasteiger partial charge in [0.25, 0.3) is 5.91 Å². The highest BCUT2D eigenvalue weighted by atomic mass is 16.2. The quantitative estimate of drug-likeness (QED) is 0.738. The van der Waals surface area contributed by atoms with Crippen LogP contribution in [-0.2, 0) is 0 Å². The molecule has 0 aliphatic carbocycles. The Balaban J connectivity index is 1.76. The smallest absolute Gasteiger partial charge is 0.258 e. The molecule has 0 saturated heterocycles. The van der Waals surface area contributed by atoms with E-state index in [-0.39, 0.29) is 11.9 Å². The van der Waals surface area contributed by atoms with Crippen molar-refractivity contribution < 1.29 is 4.79 Å². The van der Waals surface area contributed by atoms with E-state index in [1.54, 1.807) is 0 Å². The van der Waals surface area contributed by atoms with Crippen molar-refractivity contribution in [1.29, 1.82) is 0 Å². The summed E-state index contributed by atoms with van der Waals surface area (Å²) in [7, 11) is 0. The molecule has 1 aliphatic rings. The Hall–Kier alpha value is -2.95. The van der Waals surface area contributed by atoms with E-state index in [2.05, 4.69) is 22.2 Å². The lowest BCUT2D eigenvalue weighted by Gasteiger charge is -2.34. The number of carbonyl (C=O) groups excluding carboxylic acids is 1. The topological polar surface area (TPSA) is 58.1 Å². The van der Waals surface area contributed by atoms with Gasteiger partial charge in [0.1, 0.15) is 0 Å². The summed E-state index contributed by atoms with van der Waals surface area (Å²) in [6, 6.07) is 13.7. The molecule has 1 unspecified atom stereocenters. The first-order valence-electron chi connectivity index (χ1n) is 8.45. The SMILES string of the molecule is Cc1nc2ccc(C(=O)N3CC(C)Nc4ccccc43)cc2nc1C. The molecule has 1 N–H and O–H groups in total. The van der Waals surface area contributed by atoms with Crippen molar-refractivity contribution in [3.8, 4) is 0 Å². The second-order valence-electron chi connectivity index (χ2n) is 6.58. The molecule has 0 bridgehead atoms. The number of fused-ring (bicyclic) bond motifs is 2. The Kier molecular flexibility index (Phi) is 3.64. The highest BCUT2D eigenvalue weighted by Crippen LogP contribution is 2.31. The van der Waals surface area contributed by atoms with E-state index in [4.69, 9.17) is 0 Å². The van der Waals surface area contributed by atoms with E-state index in [0.29, 0.717) is 12.1 Å². The molecule has 5 nitrogen and oxygen atoms in total. The molecule has 1 aliphatic heterocycles. The summed E-state index contributed by atoms with van der Waals surface area (Å²) in [6.45, 7) is 6.59. The maximum Gasteiger partial charge on any atom is 0.258 e. The lowest BCUT2D eigenvalue weighted by Crippen LogP contribution is -2.43. The zero-order chi connectivity index (χ0) is 17.6. The van der Waals surface area contributed by atoms with Crippen molar-refractivity contribution in [2.24, 2.45) is 0 Å². The number of rotatable bonds is 1. The van der Waals surface area contributed by atoms with Gasteiger partial charge in [-0.3, -0.25) is 4.79 Å². The predicted molar refractivity (Wildman–Crippen MR) is 100 cm³/mol. The van der Waals surface area contributed by atoms with Crippen LogP contribution in [0.2, 0.25) is 0 Å². The van der Waals surface area contributed by atoms with E-state index < -0.39 is 0 Å². The average molecular weight is 332 g/mol. The molecule has 25 heavy (non-hydrogen) atoms. The minimum atomic E-state index is -0.0114. The first kappa shape index (κ1) is 15.6. The number of para-hydroxylation sites is 2. The van der Waals surface area contributed by atoms with Gasteiger partial charge in [-0.2, -0.15) is 0 Å². The van der Waals surface area contributed by atoms with E-state index in [1.165, 1.54) is 0 Å². The minimum Gasteiger partial charge on any atom is -0.379 e. The summed E-state index contributed by atoms with van der Waals surface area (Å²) >= 11 is 0. The standard InChI is InChI=1S/C20H20N4O/c1-12-11-24(19-7-5-4-6-17(19)21-12)20(25)15-8-9-16-18(10-15)23-14(3)13(2)22-16/h4-10,12,21H,11H2,1-3H3. The second-order valence-corrected chi connectivity index (χ2v) is 6.58. The fourth-order valence-corrected chi connectivity index (χ4v) is 3.23. The number of nitrogens with one attached hydrogen (secondary N) is 1. The van der Waals surface area contributed by atoms with Crippen LogP contribution in [0.5, 0.6) is 0 Å². The molecule has 4 rings (SSSR count). The zero-order valence-corrected chi connectivity index (χ0v) is 14.6. The lowest BCUT2D eigenvalue weighted by atomic mass is 10.1. The molecule has 2 aromatic carbocycles. The molecule has 1 atom stereocenters. The van der Waals surface area contributed by atoms with E-state index in [1.807, 2.05) is 61.2 Å². The molecule has 3 aromatic rings. The molecular formula is C20H20N4O. The molecule has 0 fully saturated rings. The summed E-state index contributed by atoms with van der Waals surface area (Å²) in [5.41, 5.74) is 5.90. The van der Waals surface area contributed by atoms with Crippen LogP contribution in [0.15, 0.2) is 42.5 Å². The molecule has 2 heterocycles. The number of aromatic nitrogens is 2. The van der Waals surface area contributed by atoms with Gasteiger partial charge in [-0.1, -0.05) is 12.1 Å². The molecule has 1 aromatic heterocycles. The van der Waals surface area contributed by atoms with Crippen LogP contribution in [0.25, 0.3) is 11.0 Å². The molecule has 0 radical (unpaired) electrons. The summed E-state index contributed by atoms with van der Waals surface area (Å²) in [5, 5.41) is 3.42. The number of benzene rings is 2. The van der Waals surface area contributed by atoms with Gasteiger partial charge in [0.2, 0.25) is 0 Å². The van der Waals surface area contributed by atoms with Gasteiger partial charge in [0.05, 0.1) is 33.8 Å². The Labute approximate surface area is 146 Å². The third-order valence-corrected chi connectivity index (χ3v) is 4.62. The maximum atomic E-state index is 13.2. The van der Waals surface area contributed by atoms with E-state index >= 15 is 0 Å². The summed E-state index contributed by atoms with van der Waals surface area (Å²) in [6.07, 6.45) is 0. The highest BCUT2D eigenvalue weighted by Gasteiger charge is 2.26. The van der Waals surface area contributed by atoms with Crippen molar-refractivity contribution in [3.63, 3.8) is 0 Å². The number of anilines is 2. The maximum absolute atomic E-state index is 13.2. The summed E-state index contributed by atoms with van der Waals surface area (Å²) in [4.78, 5) is 24.1. The lowest BCUT2D eigenvalue weighted by molar-refractivity contribution is 0.0985. The molecule has 5 heteroatoms. The van der Waals surface area contributed by atoms with Gasteiger partial charge in [-0.25, -0.2) is 9.97 Å². The number of hydrogen-bond acceptors (Lipinski definition) is 4. The van der Waals surface area contributed by atoms with Crippen molar-refractivity contribution >= 4 is 28.3 Å². The third kappa shape index (κ3) is 2.71. The van der Waals surface area contributed by atoms with Gasteiger partial charge >= 0.3 is 0 Å². The highest BCUT2D eigenvalue weighted by molar-refractivity contribution is 6.09. The van der Waals surface area contributed by atoms with Gasteiger partial charge < -0.3 is 10.2 Å². The number of aryl methyl sites for hydroxylation is 2. The van der Waals surface area contributed by atoms with Crippen LogP contribution in [0.4, 0.5) is 11.4 Å². The van der Waals surface area contributed by atoms with Gasteiger partial charge in [-0.15, -0.1) is 0 Å². The minimum absolute atomic E-state index is 0.0114. The molecule has 1 amide bonds. The Morgan fingerprint density at radius 1 is 1.08 bits per heavy atom. The number of nitrogens with zero attached hydrogens (tertiary/aromatic N) is 3. The van der Waals surface area contributed by atoms with Crippen LogP contribution >= 0.6 is 0 Å². The number of amides is 1. The largest absolute Gasteiger partial charge is 0.379 e. The van der Waals surface area contributed by atoms with Crippen molar-refractivity contribution in [2.75, 3.05) is 16.8 Å². The first-order valence-corrected chi connectivity index (χ1v) is 8.45. The van der Waals surface area contributed by atoms with Crippen molar-refractivity contribution in [1.82, 2.24) is 9.97 Å². The van der Waals surface area contributed by atoms with Crippen molar-refractivity contribution in [3.05, 3.63) is 59.4 Å². The van der Waals surface area contributed by atoms with Crippen LogP contribution in [-0.4, -0.2) is 28.5 Å². The van der Waals surface area contributed by atoms with E-state index in [9.17, 15) is 4.79 Å². The van der Waals surface area contributed by atoms with Gasteiger partial charge in [0.15, 0.2) is 0 Å². The monoisotopic (exact) mass is 332 g/mol. The molecule has 126 valence electrons. The number of hydrogen-bond donors (Lipinski definition) is 1. The Morgan fingerprint density at radius 2 is 1.80 bits per heavy atom. The Morgan fingerprint density at radius 3 is 2.60 bits per heavy atom. The van der Waals surface area contributed by atoms with Crippen LogP contribution in [0, 0.1) is 13.8 Å². The predicted octanol–water partition coefficient (Wildman–Crippen LogP) is 3.71. The van der Waals surface area contributed by atoms with Crippen LogP contribution in [0.1, 0.15) is 28.7 Å². The fraction of sp³-hybridized carbons (Fsp3) is 0.250. The van der Waals surface area contributed by atoms with Gasteiger partial charge in [0, 0.05) is 18.2 Å². The summed E-state index contributed by atoms with van der Waals surface area (Å²) in [5.74, 6) is -0.0114. The van der Waals surface area contributed by atoms with Crippen molar-refractivity contribution in [2.45, 2.75) is 26.8 Å². The molecule has 0 spiro atoms. The number of carbonyl (C=O) groups is 1. The molecule has 0 saturated carbocycles. The Bertz CT molecular complexity index is 983. The zero-order valence-electron chi connectivity index (χ0n) is 14.6. The van der Waals surface area contributed by atoms with Gasteiger partial charge in [-0.05, 0) is 51.1 Å². The van der Waals surface area contributed by atoms with Crippen LogP contribution < -0.4 is 10.2 Å². The molecular weight excluding hydrogens is 312 g/mol. The first-order chi connectivity index (χ1) is 12.0. The average Bonchev–Trinajstić information content (AvgIpc) is 2.61. The summed E-state index contributed by atoms with van der Waals surface area (Å²) < 4.78 is 0.